The summed E-state index contributed by atoms with van der Waals surface area (Å²) in [5.74, 6) is 0.760. The lowest BCUT2D eigenvalue weighted by molar-refractivity contribution is 0.0535. The van der Waals surface area contributed by atoms with Crippen molar-refractivity contribution in [1.29, 1.82) is 0 Å². The van der Waals surface area contributed by atoms with E-state index >= 15 is 0 Å². The van der Waals surface area contributed by atoms with Gasteiger partial charge >= 0.3 is 0 Å². The Bertz CT molecular complexity index is 408. The zero-order valence-electron chi connectivity index (χ0n) is 11.4. The highest BCUT2D eigenvalue weighted by atomic mass is 16.5. The first kappa shape index (κ1) is 14.3. The first-order valence-corrected chi connectivity index (χ1v) is 7.02. The molecule has 1 aliphatic rings. The van der Waals surface area contributed by atoms with E-state index in [9.17, 15) is 5.11 Å². The third kappa shape index (κ3) is 3.69. The van der Waals surface area contributed by atoms with E-state index < -0.39 is 6.10 Å². The molecule has 0 saturated carbocycles. The normalized spacial score (nSPS) is 19.8. The number of hydrogen-bond acceptors (Lipinski definition) is 4. The summed E-state index contributed by atoms with van der Waals surface area (Å²) in [5, 5.41) is 21.6. The Balaban J connectivity index is 2.09. The molecule has 0 radical (unpaired) electrons. The molecule has 1 aromatic rings. The SMILES string of the molecule is CCNC1CCCc2ccc(OCC(O)CO)cc21. The molecule has 0 aromatic heterocycles. The van der Waals surface area contributed by atoms with Gasteiger partial charge in [0.2, 0.25) is 0 Å². The molecule has 0 fully saturated rings. The molecule has 4 heteroatoms. The first-order valence-electron chi connectivity index (χ1n) is 7.02. The number of rotatable bonds is 6. The van der Waals surface area contributed by atoms with Gasteiger partial charge in [0.25, 0.3) is 0 Å². The maximum Gasteiger partial charge on any atom is 0.119 e. The Morgan fingerprint density at radius 1 is 1.47 bits per heavy atom. The minimum absolute atomic E-state index is 0.126. The second-order valence-electron chi connectivity index (χ2n) is 5.01. The maximum atomic E-state index is 9.31. The molecule has 0 amide bonds. The van der Waals surface area contributed by atoms with Crippen LogP contribution in [0.1, 0.15) is 36.9 Å². The zero-order chi connectivity index (χ0) is 13.7. The van der Waals surface area contributed by atoms with Gasteiger partial charge in [-0.3, -0.25) is 0 Å². The van der Waals surface area contributed by atoms with Crippen molar-refractivity contribution in [3.63, 3.8) is 0 Å². The van der Waals surface area contributed by atoms with Crippen molar-refractivity contribution in [1.82, 2.24) is 5.32 Å². The summed E-state index contributed by atoms with van der Waals surface area (Å²) in [6, 6.07) is 6.52. The molecular formula is C15H23NO3. The molecule has 0 aliphatic heterocycles. The minimum Gasteiger partial charge on any atom is -0.491 e. The van der Waals surface area contributed by atoms with Crippen molar-refractivity contribution >= 4 is 0 Å². The van der Waals surface area contributed by atoms with Crippen molar-refractivity contribution in [2.45, 2.75) is 38.3 Å². The van der Waals surface area contributed by atoms with Crippen LogP contribution in [0.2, 0.25) is 0 Å². The van der Waals surface area contributed by atoms with Crippen molar-refractivity contribution in [3.05, 3.63) is 29.3 Å². The van der Waals surface area contributed by atoms with E-state index in [1.54, 1.807) is 0 Å². The molecule has 2 atom stereocenters. The number of benzene rings is 1. The van der Waals surface area contributed by atoms with Gasteiger partial charge in [-0.1, -0.05) is 13.0 Å². The van der Waals surface area contributed by atoms with Crippen LogP contribution in [0.15, 0.2) is 18.2 Å². The molecule has 19 heavy (non-hydrogen) atoms. The van der Waals surface area contributed by atoms with Crippen LogP contribution in [0.25, 0.3) is 0 Å². The van der Waals surface area contributed by atoms with E-state index in [2.05, 4.69) is 24.4 Å². The second-order valence-corrected chi connectivity index (χ2v) is 5.01. The summed E-state index contributed by atoms with van der Waals surface area (Å²) in [6.07, 6.45) is 2.68. The lowest BCUT2D eigenvalue weighted by Crippen LogP contribution is -2.25. The van der Waals surface area contributed by atoms with Gasteiger partial charge in [0.1, 0.15) is 18.5 Å². The van der Waals surface area contributed by atoms with Gasteiger partial charge in [0, 0.05) is 6.04 Å². The monoisotopic (exact) mass is 265 g/mol. The number of ether oxygens (including phenoxy) is 1. The van der Waals surface area contributed by atoms with E-state index in [1.807, 2.05) is 6.07 Å². The molecule has 0 saturated heterocycles. The molecule has 0 spiro atoms. The number of hydrogen-bond donors (Lipinski definition) is 3. The number of aryl methyl sites for hydroxylation is 1. The predicted molar refractivity (Wildman–Crippen MR) is 74.4 cm³/mol. The fourth-order valence-corrected chi connectivity index (χ4v) is 2.57. The van der Waals surface area contributed by atoms with E-state index in [1.165, 1.54) is 17.5 Å². The molecule has 1 aliphatic carbocycles. The number of fused-ring (bicyclic) bond motifs is 1. The average Bonchev–Trinajstić information content (AvgIpc) is 2.45. The van der Waals surface area contributed by atoms with Gasteiger partial charge in [-0.2, -0.15) is 0 Å². The number of nitrogens with one attached hydrogen (secondary N) is 1. The highest BCUT2D eigenvalue weighted by molar-refractivity contribution is 5.39. The van der Waals surface area contributed by atoms with Gasteiger partial charge in [0.15, 0.2) is 0 Å². The van der Waals surface area contributed by atoms with Crippen LogP contribution in [-0.2, 0) is 6.42 Å². The van der Waals surface area contributed by atoms with Crippen LogP contribution >= 0.6 is 0 Å². The predicted octanol–water partition coefficient (Wildman–Crippen LogP) is 1.41. The van der Waals surface area contributed by atoms with Crippen LogP contribution in [0, 0.1) is 0 Å². The van der Waals surface area contributed by atoms with E-state index in [-0.39, 0.29) is 13.2 Å². The van der Waals surface area contributed by atoms with Crippen molar-refractivity contribution < 1.29 is 14.9 Å². The van der Waals surface area contributed by atoms with Crippen LogP contribution in [0.5, 0.6) is 5.75 Å². The quantitative estimate of drug-likeness (QED) is 0.728. The fraction of sp³-hybridized carbons (Fsp3) is 0.600. The molecule has 2 unspecified atom stereocenters. The van der Waals surface area contributed by atoms with Crippen LogP contribution in [0.3, 0.4) is 0 Å². The van der Waals surface area contributed by atoms with E-state index in [0.717, 1.165) is 25.1 Å². The molecule has 2 rings (SSSR count). The second kappa shape index (κ2) is 6.89. The van der Waals surface area contributed by atoms with Crippen molar-refractivity contribution in [3.8, 4) is 5.75 Å². The Morgan fingerprint density at radius 3 is 3.05 bits per heavy atom. The Morgan fingerprint density at radius 2 is 2.32 bits per heavy atom. The standard InChI is InChI=1S/C15H23NO3/c1-2-16-15-5-3-4-11-6-7-13(8-14(11)15)19-10-12(18)9-17/h6-8,12,15-18H,2-5,9-10H2,1H3. The van der Waals surface area contributed by atoms with Crippen molar-refractivity contribution in [2.75, 3.05) is 19.8 Å². The van der Waals surface area contributed by atoms with Gasteiger partial charge in [-0.15, -0.1) is 0 Å². The van der Waals surface area contributed by atoms with Gasteiger partial charge in [-0.05, 0) is 49.1 Å². The Labute approximate surface area is 114 Å². The van der Waals surface area contributed by atoms with Crippen LogP contribution in [-0.4, -0.2) is 36.1 Å². The largest absolute Gasteiger partial charge is 0.491 e. The van der Waals surface area contributed by atoms with Crippen LogP contribution < -0.4 is 10.1 Å². The lowest BCUT2D eigenvalue weighted by Gasteiger charge is -2.26. The first-order chi connectivity index (χ1) is 9.24. The number of aliphatic hydroxyl groups is 2. The third-order valence-electron chi connectivity index (χ3n) is 3.54. The van der Waals surface area contributed by atoms with E-state index in [0.29, 0.717) is 6.04 Å². The topological polar surface area (TPSA) is 61.7 Å². The van der Waals surface area contributed by atoms with Gasteiger partial charge in [0.05, 0.1) is 6.61 Å². The molecule has 3 N–H and O–H groups in total. The summed E-state index contributed by atoms with van der Waals surface area (Å²) in [4.78, 5) is 0. The lowest BCUT2D eigenvalue weighted by atomic mass is 9.87. The minimum atomic E-state index is -0.819. The number of aliphatic hydroxyl groups excluding tert-OH is 2. The molecule has 1 aromatic carbocycles. The molecule has 0 heterocycles. The highest BCUT2D eigenvalue weighted by Gasteiger charge is 2.19. The van der Waals surface area contributed by atoms with Crippen molar-refractivity contribution in [2.24, 2.45) is 0 Å². The molecule has 4 nitrogen and oxygen atoms in total. The Hall–Kier alpha value is -1.10. The molecular weight excluding hydrogens is 242 g/mol. The molecule has 0 bridgehead atoms. The highest BCUT2D eigenvalue weighted by Crippen LogP contribution is 2.32. The summed E-state index contributed by atoms with van der Waals surface area (Å²) in [6.45, 7) is 2.93. The fourth-order valence-electron chi connectivity index (χ4n) is 2.57. The summed E-state index contributed by atoms with van der Waals surface area (Å²) in [7, 11) is 0. The summed E-state index contributed by atoms with van der Waals surface area (Å²) >= 11 is 0. The van der Waals surface area contributed by atoms with Crippen LogP contribution in [0.4, 0.5) is 0 Å². The van der Waals surface area contributed by atoms with E-state index in [4.69, 9.17) is 9.84 Å². The van der Waals surface area contributed by atoms with Gasteiger partial charge in [-0.25, -0.2) is 0 Å². The summed E-state index contributed by atoms with van der Waals surface area (Å²) < 4.78 is 5.51. The maximum absolute atomic E-state index is 9.31. The third-order valence-corrected chi connectivity index (χ3v) is 3.54. The summed E-state index contributed by atoms with van der Waals surface area (Å²) in [5.41, 5.74) is 2.69. The smallest absolute Gasteiger partial charge is 0.119 e. The zero-order valence-corrected chi connectivity index (χ0v) is 11.4. The average molecular weight is 265 g/mol. The van der Waals surface area contributed by atoms with Gasteiger partial charge < -0.3 is 20.3 Å². The Kier molecular flexibility index (Phi) is 5.19. The molecule has 106 valence electrons.